The number of halogens is 2. The van der Waals surface area contributed by atoms with Crippen LogP contribution in [0.5, 0.6) is 5.75 Å². The molecule has 1 fully saturated rings. The van der Waals surface area contributed by atoms with Crippen molar-refractivity contribution in [2.24, 2.45) is 7.05 Å². The van der Waals surface area contributed by atoms with Gasteiger partial charge in [0.05, 0.1) is 23.7 Å². The molecule has 4 aromatic rings. The molecule has 0 saturated carbocycles. The van der Waals surface area contributed by atoms with Crippen molar-refractivity contribution in [1.29, 1.82) is 0 Å². The van der Waals surface area contributed by atoms with Crippen LogP contribution in [0.15, 0.2) is 73.6 Å². The Morgan fingerprint density at radius 3 is 2.79 bits per heavy atom. The Balaban J connectivity index is 0.000000213. The van der Waals surface area contributed by atoms with Gasteiger partial charge in [-0.2, -0.15) is 8.78 Å². The Labute approximate surface area is 247 Å². The summed E-state index contributed by atoms with van der Waals surface area (Å²) in [6, 6.07) is 14.3. The first-order valence-electron chi connectivity index (χ1n) is 13.4. The maximum atomic E-state index is 12.5. The quantitative estimate of drug-likeness (QED) is 0.280. The number of anilines is 3. The smallest absolute Gasteiger partial charge is 0.387 e. The second kappa shape index (κ2) is 14.2. The van der Waals surface area contributed by atoms with Crippen LogP contribution in [0.3, 0.4) is 0 Å². The van der Waals surface area contributed by atoms with Gasteiger partial charge in [-0.1, -0.05) is 24.8 Å². The number of carbonyl (C=O) groups is 2. The van der Waals surface area contributed by atoms with Gasteiger partial charge in [0.25, 0.3) is 0 Å². The molecule has 1 aliphatic heterocycles. The van der Waals surface area contributed by atoms with Crippen LogP contribution in [-0.2, 0) is 21.4 Å². The van der Waals surface area contributed by atoms with Gasteiger partial charge in [0.2, 0.25) is 17.8 Å². The van der Waals surface area contributed by atoms with Crippen molar-refractivity contribution >= 4 is 40.0 Å². The lowest BCUT2D eigenvalue weighted by molar-refractivity contribution is -0.142. The first-order valence-corrected chi connectivity index (χ1v) is 13.4. The van der Waals surface area contributed by atoms with Gasteiger partial charge in [-0.25, -0.2) is 9.97 Å². The van der Waals surface area contributed by atoms with Crippen molar-refractivity contribution in [1.82, 2.24) is 19.4 Å². The van der Waals surface area contributed by atoms with Gasteiger partial charge in [0.1, 0.15) is 12.4 Å². The van der Waals surface area contributed by atoms with E-state index in [2.05, 4.69) is 49.5 Å². The maximum Gasteiger partial charge on any atom is 0.387 e. The summed E-state index contributed by atoms with van der Waals surface area (Å²) in [5, 5.41) is 3.80. The summed E-state index contributed by atoms with van der Waals surface area (Å²) in [5.74, 6) is -0.249. The number of nitrogens with zero attached hydrogens (tertiary/aromatic N) is 5. The van der Waals surface area contributed by atoms with E-state index in [0.717, 1.165) is 17.3 Å². The molecule has 226 valence electrons. The second-order valence-corrected chi connectivity index (χ2v) is 9.58. The lowest BCUT2D eigenvalue weighted by Gasteiger charge is -2.30. The van der Waals surface area contributed by atoms with Gasteiger partial charge in [-0.15, -0.1) is 0 Å². The van der Waals surface area contributed by atoms with E-state index in [1.807, 2.05) is 25.2 Å². The van der Waals surface area contributed by atoms with Crippen LogP contribution < -0.4 is 20.7 Å². The Kier molecular flexibility index (Phi) is 10.2. The third-order valence-corrected chi connectivity index (χ3v) is 6.69. The zero-order chi connectivity index (χ0) is 30.9. The number of aryl methyl sites for hydroxylation is 1. The largest absolute Gasteiger partial charge is 0.435 e. The van der Waals surface area contributed by atoms with Gasteiger partial charge >= 0.3 is 6.61 Å². The van der Waals surface area contributed by atoms with E-state index in [0.29, 0.717) is 43.6 Å². The van der Waals surface area contributed by atoms with E-state index < -0.39 is 12.5 Å². The van der Waals surface area contributed by atoms with Crippen molar-refractivity contribution in [2.45, 2.75) is 6.61 Å². The third kappa shape index (κ3) is 8.04. The summed E-state index contributed by atoms with van der Waals surface area (Å²) < 4.78 is 36.6. The summed E-state index contributed by atoms with van der Waals surface area (Å²) in [6.45, 7) is 2.35. The van der Waals surface area contributed by atoms with E-state index in [-0.39, 0.29) is 18.3 Å². The SMILES string of the molecule is C=CC(=O)Nc1ccc(OC(F)F)cc1N(C)CCN1CCOCC1=O.Cn1cc(-c2ccnc(N)n2)c2ccccc21. The summed E-state index contributed by atoms with van der Waals surface area (Å²) >= 11 is 0. The minimum atomic E-state index is -2.95. The number of nitrogen functional groups attached to an aromatic ring is 1. The molecule has 43 heavy (non-hydrogen) atoms. The monoisotopic (exact) mass is 593 g/mol. The molecule has 2 amide bonds. The highest BCUT2D eigenvalue weighted by Gasteiger charge is 2.20. The van der Waals surface area contributed by atoms with Gasteiger partial charge < -0.3 is 34.9 Å². The van der Waals surface area contributed by atoms with E-state index in [4.69, 9.17) is 10.5 Å². The molecule has 3 heterocycles. The minimum absolute atomic E-state index is 0.0269. The maximum absolute atomic E-state index is 12.5. The normalized spacial score (nSPS) is 13.0. The molecule has 13 heteroatoms. The molecule has 0 bridgehead atoms. The lowest BCUT2D eigenvalue weighted by atomic mass is 10.1. The first-order chi connectivity index (χ1) is 20.7. The lowest BCUT2D eigenvalue weighted by Crippen LogP contribution is -2.45. The predicted octanol–water partition coefficient (Wildman–Crippen LogP) is 3.93. The zero-order valence-electron chi connectivity index (χ0n) is 23.9. The molecule has 1 aliphatic rings. The molecular formula is C30H33F2N7O4. The van der Waals surface area contributed by atoms with E-state index in [9.17, 15) is 18.4 Å². The van der Waals surface area contributed by atoms with Crippen molar-refractivity contribution < 1.29 is 27.8 Å². The minimum Gasteiger partial charge on any atom is -0.435 e. The van der Waals surface area contributed by atoms with Crippen molar-refractivity contribution in [3.8, 4) is 17.0 Å². The molecule has 2 aromatic heterocycles. The number of nitrogens with one attached hydrogen (secondary N) is 1. The number of fused-ring (bicyclic) bond motifs is 1. The molecule has 0 unspecified atom stereocenters. The summed E-state index contributed by atoms with van der Waals surface area (Å²) in [5.41, 5.74) is 9.64. The number of aromatic nitrogens is 3. The summed E-state index contributed by atoms with van der Waals surface area (Å²) in [6.07, 6.45) is 4.85. The molecule has 0 atom stereocenters. The zero-order valence-corrected chi connectivity index (χ0v) is 23.9. The highest BCUT2D eigenvalue weighted by atomic mass is 19.3. The van der Waals surface area contributed by atoms with Gasteiger partial charge in [-0.05, 0) is 30.3 Å². The molecular weight excluding hydrogens is 560 g/mol. The number of benzene rings is 2. The Morgan fingerprint density at radius 1 is 1.28 bits per heavy atom. The molecule has 0 spiro atoms. The Bertz CT molecular complexity index is 1590. The number of hydrogen-bond acceptors (Lipinski definition) is 8. The van der Waals surface area contributed by atoms with Crippen molar-refractivity contribution in [3.63, 3.8) is 0 Å². The molecule has 3 N–H and O–H groups in total. The number of rotatable bonds is 9. The predicted molar refractivity (Wildman–Crippen MR) is 161 cm³/mol. The fourth-order valence-corrected chi connectivity index (χ4v) is 4.54. The topological polar surface area (TPSA) is 128 Å². The molecule has 5 rings (SSSR count). The average molecular weight is 594 g/mol. The standard InChI is InChI=1S/C17H21F2N3O4.C13H12N4/c1-3-15(23)20-13-5-4-12(26-17(18)19)10-14(13)21(2)6-7-22-8-9-25-11-16(22)24;1-17-8-10(9-4-2-3-5-12(9)17)11-6-7-15-13(14)16-11/h3-5,10,17H,1,6-9,11H2,2H3,(H,20,23);2-8H,1H3,(H2,14,15,16). The second-order valence-electron chi connectivity index (χ2n) is 9.58. The van der Waals surface area contributed by atoms with Crippen LogP contribution in [0.25, 0.3) is 22.2 Å². The number of carbonyl (C=O) groups excluding carboxylic acids is 2. The Morgan fingerprint density at radius 2 is 2.07 bits per heavy atom. The van der Waals surface area contributed by atoms with Crippen LogP contribution in [0.2, 0.25) is 0 Å². The molecule has 2 aromatic carbocycles. The van der Waals surface area contributed by atoms with Gasteiger partial charge in [0, 0.05) is 68.7 Å². The average Bonchev–Trinajstić information content (AvgIpc) is 3.33. The number of ether oxygens (including phenoxy) is 2. The fraction of sp³-hybridized carbons (Fsp3) is 0.267. The number of morpholine rings is 1. The fourth-order valence-electron chi connectivity index (χ4n) is 4.54. The number of para-hydroxylation sites is 1. The highest BCUT2D eigenvalue weighted by Crippen LogP contribution is 2.31. The molecule has 0 aliphatic carbocycles. The van der Waals surface area contributed by atoms with Crippen molar-refractivity contribution in [3.05, 3.63) is 73.6 Å². The van der Waals surface area contributed by atoms with Gasteiger partial charge in [-0.3, -0.25) is 9.59 Å². The van der Waals surface area contributed by atoms with Crippen LogP contribution >= 0.6 is 0 Å². The van der Waals surface area contributed by atoms with E-state index in [1.54, 1.807) is 23.0 Å². The van der Waals surface area contributed by atoms with Crippen LogP contribution in [0.4, 0.5) is 26.1 Å². The van der Waals surface area contributed by atoms with Crippen LogP contribution in [0.1, 0.15) is 0 Å². The molecule has 1 saturated heterocycles. The molecule has 11 nitrogen and oxygen atoms in total. The number of amides is 2. The summed E-state index contributed by atoms with van der Waals surface area (Å²) in [7, 11) is 3.76. The van der Waals surface area contributed by atoms with Crippen LogP contribution in [0, 0.1) is 0 Å². The van der Waals surface area contributed by atoms with Crippen molar-refractivity contribution in [2.75, 3.05) is 55.8 Å². The highest BCUT2D eigenvalue weighted by molar-refractivity contribution is 6.01. The number of nitrogens with two attached hydrogens (primary N) is 1. The van der Waals surface area contributed by atoms with E-state index in [1.165, 1.54) is 29.1 Å². The molecule has 0 radical (unpaired) electrons. The van der Waals surface area contributed by atoms with Crippen LogP contribution in [-0.4, -0.2) is 77.8 Å². The van der Waals surface area contributed by atoms with E-state index >= 15 is 0 Å². The number of likely N-dealkylation sites (N-methyl/N-ethyl adjacent to an activating group) is 1. The van der Waals surface area contributed by atoms with Gasteiger partial charge in [0.15, 0.2) is 0 Å². The number of alkyl halides is 2. The Hall–Kier alpha value is -5.04. The number of hydrogen-bond donors (Lipinski definition) is 2. The summed E-state index contributed by atoms with van der Waals surface area (Å²) in [4.78, 5) is 35.0. The first kappa shape index (κ1) is 30.9. The third-order valence-electron chi connectivity index (χ3n) is 6.69.